The number of aliphatic imine (C=N–C) groups is 1. The van der Waals surface area contributed by atoms with Gasteiger partial charge >= 0.3 is 0 Å². The van der Waals surface area contributed by atoms with Crippen LogP contribution in [0.4, 0.5) is 0 Å². The first kappa shape index (κ1) is 7.24. The highest BCUT2D eigenvalue weighted by atomic mass is 16.8. The molecule has 4 nitrogen and oxygen atoms in total. The molecule has 1 atom stereocenters. The van der Waals surface area contributed by atoms with E-state index >= 15 is 0 Å². The lowest BCUT2D eigenvalue weighted by Crippen LogP contribution is -2.20. The number of nitrogens with zero attached hydrogens (tertiary/aromatic N) is 1. The molecule has 0 saturated carbocycles. The Morgan fingerprint density at radius 2 is 2.40 bits per heavy atom. The van der Waals surface area contributed by atoms with Crippen LogP contribution in [0, 0.1) is 0 Å². The van der Waals surface area contributed by atoms with E-state index in [1.54, 1.807) is 12.4 Å². The van der Waals surface area contributed by atoms with Gasteiger partial charge in [-0.2, -0.15) is 10.4 Å². The minimum absolute atomic E-state index is 0.162. The maximum atomic E-state index is 4.65. The molecular formula is C6H11N3O. The summed E-state index contributed by atoms with van der Waals surface area (Å²) in [7, 11) is 0. The Labute approximate surface area is 59.9 Å². The lowest BCUT2D eigenvalue weighted by molar-refractivity contribution is 0.0243. The van der Waals surface area contributed by atoms with Crippen molar-refractivity contribution in [1.82, 2.24) is 11.0 Å². The third kappa shape index (κ3) is 1.17. The molecule has 0 spiro atoms. The topological polar surface area (TPSA) is 45.7 Å². The average Bonchev–Trinajstić information content (AvgIpc) is 2.49. The normalized spacial score (nSPS) is 26.2. The highest BCUT2D eigenvalue weighted by Gasteiger charge is 2.21. The molecule has 2 aliphatic heterocycles. The lowest BCUT2D eigenvalue weighted by Gasteiger charge is -1.89. The smallest absolute Gasteiger partial charge is 0.113 e. The summed E-state index contributed by atoms with van der Waals surface area (Å²) < 4.78 is 0. The molecule has 0 bridgehead atoms. The van der Waals surface area contributed by atoms with Crippen molar-refractivity contribution in [1.29, 1.82) is 0 Å². The zero-order valence-corrected chi connectivity index (χ0v) is 6.09. The number of nitrogens with one attached hydrogen (secondary N) is 2. The van der Waals surface area contributed by atoms with Crippen molar-refractivity contribution in [2.75, 3.05) is 0 Å². The minimum Gasteiger partial charge on any atom is -0.265 e. The maximum Gasteiger partial charge on any atom is 0.113 e. The van der Waals surface area contributed by atoms with E-state index in [0.717, 1.165) is 5.70 Å². The first-order valence-electron chi connectivity index (χ1n) is 3.37. The second kappa shape index (κ2) is 3.34. The van der Waals surface area contributed by atoms with E-state index in [9.17, 15) is 0 Å². The highest BCUT2D eigenvalue weighted by molar-refractivity contribution is 5.72. The molecule has 4 heteroatoms. The van der Waals surface area contributed by atoms with Crippen LogP contribution in [0.5, 0.6) is 0 Å². The van der Waals surface area contributed by atoms with Gasteiger partial charge in [-0.3, -0.25) is 4.99 Å². The van der Waals surface area contributed by atoms with Crippen LogP contribution < -0.4 is 11.0 Å². The predicted molar refractivity (Wildman–Crippen MR) is 39.1 cm³/mol. The van der Waals surface area contributed by atoms with E-state index in [0.29, 0.717) is 0 Å². The largest absolute Gasteiger partial charge is 0.265 e. The van der Waals surface area contributed by atoms with E-state index in [4.69, 9.17) is 0 Å². The molecule has 2 N–H and O–H groups in total. The van der Waals surface area contributed by atoms with Gasteiger partial charge in [-0.05, 0) is 0 Å². The van der Waals surface area contributed by atoms with Crippen molar-refractivity contribution < 1.29 is 4.94 Å². The Morgan fingerprint density at radius 3 is 3.10 bits per heavy atom. The van der Waals surface area contributed by atoms with Gasteiger partial charge in [-0.25, -0.2) is 5.48 Å². The van der Waals surface area contributed by atoms with Crippen LogP contribution in [0.25, 0.3) is 0 Å². The van der Waals surface area contributed by atoms with Crippen molar-refractivity contribution in [3.8, 4) is 0 Å². The van der Waals surface area contributed by atoms with Crippen LogP contribution in [0.15, 0.2) is 16.9 Å². The Morgan fingerprint density at radius 1 is 1.60 bits per heavy atom. The molecular weight excluding hydrogens is 130 g/mol. The van der Waals surface area contributed by atoms with Gasteiger partial charge < -0.3 is 0 Å². The predicted octanol–water partition coefficient (Wildman–Crippen LogP) is 0.346. The summed E-state index contributed by atoms with van der Waals surface area (Å²) in [6.07, 6.45) is 3.50. The molecule has 0 aromatic rings. The first-order valence-corrected chi connectivity index (χ1v) is 3.37. The summed E-state index contributed by atoms with van der Waals surface area (Å²) >= 11 is 0. The van der Waals surface area contributed by atoms with E-state index < -0.39 is 0 Å². The number of rotatable bonds is 0. The zero-order chi connectivity index (χ0) is 7.40. The second-order valence-corrected chi connectivity index (χ2v) is 1.68. The fourth-order valence-corrected chi connectivity index (χ4v) is 0.706. The molecule has 1 unspecified atom stereocenters. The van der Waals surface area contributed by atoms with Crippen LogP contribution in [0.3, 0.4) is 0 Å². The molecule has 0 radical (unpaired) electrons. The van der Waals surface area contributed by atoms with Gasteiger partial charge in [-0.15, -0.1) is 0 Å². The number of hydrogen-bond acceptors (Lipinski definition) is 4. The monoisotopic (exact) mass is 141 g/mol. The first-order chi connectivity index (χ1) is 4.97. The molecule has 2 rings (SSSR count). The number of hydrogen-bond donors (Lipinski definition) is 2. The van der Waals surface area contributed by atoms with E-state index in [1.807, 2.05) is 13.8 Å². The minimum atomic E-state index is 0.162. The Balaban J connectivity index is 0.000000231. The standard InChI is InChI=1S/C4H5N3O.C2H6/c1-3-4(2-5-1)7-8-6-3;1-2/h1-3,6-7H;1-2H3. The summed E-state index contributed by atoms with van der Waals surface area (Å²) in [6, 6.07) is 0.162. The second-order valence-electron chi connectivity index (χ2n) is 1.68. The fourth-order valence-electron chi connectivity index (χ4n) is 0.706. The molecule has 1 fully saturated rings. The number of hydroxylamine groups is 2. The van der Waals surface area contributed by atoms with Crippen LogP contribution in [0.1, 0.15) is 13.8 Å². The van der Waals surface area contributed by atoms with Crippen molar-refractivity contribution >= 4 is 6.21 Å². The summed E-state index contributed by atoms with van der Waals surface area (Å²) in [5.74, 6) is 0. The van der Waals surface area contributed by atoms with E-state index in [2.05, 4.69) is 20.9 Å². The fraction of sp³-hybridized carbons (Fsp3) is 0.500. The van der Waals surface area contributed by atoms with Crippen molar-refractivity contribution in [3.05, 3.63) is 11.9 Å². The van der Waals surface area contributed by atoms with Crippen LogP contribution in [-0.4, -0.2) is 12.3 Å². The van der Waals surface area contributed by atoms with E-state index in [-0.39, 0.29) is 6.04 Å². The Bertz CT molecular complexity index is 164. The molecule has 0 aliphatic carbocycles. The van der Waals surface area contributed by atoms with Crippen LogP contribution >= 0.6 is 0 Å². The Kier molecular flexibility index (Phi) is 2.42. The van der Waals surface area contributed by atoms with E-state index in [1.165, 1.54) is 0 Å². The summed E-state index contributed by atoms with van der Waals surface area (Å²) in [6.45, 7) is 4.00. The van der Waals surface area contributed by atoms with Gasteiger partial charge in [0.15, 0.2) is 0 Å². The lowest BCUT2D eigenvalue weighted by atomic mass is 10.3. The highest BCUT2D eigenvalue weighted by Crippen LogP contribution is 2.07. The maximum absolute atomic E-state index is 4.65. The van der Waals surface area contributed by atoms with Gasteiger partial charge in [0.1, 0.15) is 6.04 Å². The number of fused-ring (bicyclic) bond motifs is 1. The van der Waals surface area contributed by atoms with Gasteiger partial charge in [0.25, 0.3) is 0 Å². The van der Waals surface area contributed by atoms with Crippen molar-refractivity contribution in [2.45, 2.75) is 19.9 Å². The molecule has 10 heavy (non-hydrogen) atoms. The van der Waals surface area contributed by atoms with Gasteiger partial charge in [0.05, 0.1) is 5.70 Å². The summed E-state index contributed by atoms with van der Waals surface area (Å²) in [5, 5.41) is 0. The Hall–Kier alpha value is -0.870. The third-order valence-corrected chi connectivity index (χ3v) is 1.14. The summed E-state index contributed by atoms with van der Waals surface area (Å²) in [4.78, 5) is 8.53. The van der Waals surface area contributed by atoms with Crippen LogP contribution in [-0.2, 0) is 4.94 Å². The third-order valence-electron chi connectivity index (χ3n) is 1.14. The SMILES string of the molecule is C1=NC=C2NONC12.CC. The quantitative estimate of drug-likeness (QED) is 0.511. The van der Waals surface area contributed by atoms with Gasteiger partial charge in [0.2, 0.25) is 0 Å². The summed E-state index contributed by atoms with van der Waals surface area (Å²) in [5.41, 5.74) is 6.31. The van der Waals surface area contributed by atoms with Gasteiger partial charge in [-0.1, -0.05) is 13.8 Å². The molecule has 2 heterocycles. The average molecular weight is 141 g/mol. The molecule has 0 aromatic carbocycles. The van der Waals surface area contributed by atoms with Crippen molar-refractivity contribution in [2.24, 2.45) is 4.99 Å². The van der Waals surface area contributed by atoms with Crippen molar-refractivity contribution in [3.63, 3.8) is 0 Å². The zero-order valence-electron chi connectivity index (χ0n) is 6.09. The van der Waals surface area contributed by atoms with Gasteiger partial charge in [0, 0.05) is 12.4 Å². The molecule has 1 saturated heterocycles. The molecule has 2 aliphatic rings. The molecule has 56 valence electrons. The van der Waals surface area contributed by atoms with Crippen LogP contribution in [0.2, 0.25) is 0 Å². The molecule has 0 amide bonds. The molecule has 0 aromatic heterocycles.